The summed E-state index contributed by atoms with van der Waals surface area (Å²) in [5.41, 5.74) is -3.03. The maximum absolute atomic E-state index is 14.3. The number of aliphatic hydroxyl groups is 3. The normalized spacial score (nSPS) is 42.1. The predicted molar refractivity (Wildman–Crippen MR) is 121 cm³/mol. The van der Waals surface area contributed by atoms with E-state index in [1.807, 2.05) is 6.92 Å². The third-order valence-electron chi connectivity index (χ3n) is 9.22. The maximum atomic E-state index is 14.3. The van der Waals surface area contributed by atoms with E-state index in [1.165, 1.54) is 0 Å². The van der Waals surface area contributed by atoms with E-state index in [-0.39, 0.29) is 46.0 Å². The van der Waals surface area contributed by atoms with Crippen molar-refractivity contribution in [1.82, 2.24) is 4.98 Å². The van der Waals surface area contributed by atoms with Gasteiger partial charge < -0.3 is 24.5 Å². The molecule has 8 atom stereocenters. The zero-order chi connectivity index (χ0) is 25.0. The predicted octanol–water partition coefficient (Wildman–Crippen LogP) is 2.28. The first-order valence-electron chi connectivity index (χ1n) is 11.9. The summed E-state index contributed by atoms with van der Waals surface area (Å²) in [6.07, 6.45) is 1.17. The highest BCUT2D eigenvalue weighted by molar-refractivity contribution is 5.96. The number of hydrogen-bond acceptors (Lipinski definition) is 8. The minimum Gasteiger partial charge on any atom is -0.450 e. The van der Waals surface area contributed by atoms with Gasteiger partial charge in [-0.15, -0.1) is 0 Å². The first-order chi connectivity index (χ1) is 15.8. The van der Waals surface area contributed by atoms with Crippen molar-refractivity contribution < 1.29 is 34.1 Å². The van der Waals surface area contributed by atoms with E-state index in [0.29, 0.717) is 17.9 Å². The van der Waals surface area contributed by atoms with Crippen molar-refractivity contribution >= 4 is 11.8 Å². The molecule has 4 aliphatic rings. The number of fused-ring (bicyclic) bond motifs is 3. The molecule has 2 saturated carbocycles. The number of carbonyl (C=O) groups excluding carboxylic acids is 2. The molecule has 1 heterocycles. The summed E-state index contributed by atoms with van der Waals surface area (Å²) in [7, 11) is 0. The SMILES string of the molecule is CC1=C[C@]23C(=O)[C@@H](C=C(CO)[C@@H](O)[C@]2(O)[C@H]1OC(=O)c1nc(C)oc1C)[C@H]1[C@@H](C[C@H]3C)C1(C)C. The molecule has 8 heteroatoms. The minimum atomic E-state index is -2.17. The van der Waals surface area contributed by atoms with Crippen LogP contribution in [-0.4, -0.2) is 56.5 Å². The summed E-state index contributed by atoms with van der Waals surface area (Å²) in [6, 6.07) is 0. The molecule has 0 aliphatic heterocycles. The number of nitrogens with zero attached hydrogens (tertiary/aromatic N) is 1. The summed E-state index contributed by atoms with van der Waals surface area (Å²) in [6.45, 7) is 10.6. The molecular formula is C26H33NO7. The van der Waals surface area contributed by atoms with Gasteiger partial charge in [0.25, 0.3) is 0 Å². The monoisotopic (exact) mass is 471 g/mol. The van der Waals surface area contributed by atoms with Crippen LogP contribution in [0.2, 0.25) is 0 Å². The molecule has 1 spiro atoms. The molecule has 2 fully saturated rings. The first-order valence-corrected chi connectivity index (χ1v) is 11.9. The molecule has 0 aromatic carbocycles. The van der Waals surface area contributed by atoms with E-state index in [9.17, 15) is 24.9 Å². The molecule has 8 nitrogen and oxygen atoms in total. The van der Waals surface area contributed by atoms with E-state index < -0.39 is 41.7 Å². The van der Waals surface area contributed by atoms with Crippen LogP contribution in [-0.2, 0) is 9.53 Å². The van der Waals surface area contributed by atoms with Gasteiger partial charge in [0.2, 0.25) is 0 Å². The van der Waals surface area contributed by atoms with Crippen LogP contribution in [0.3, 0.4) is 0 Å². The fourth-order valence-electron chi connectivity index (χ4n) is 7.47. The number of esters is 1. The van der Waals surface area contributed by atoms with Gasteiger partial charge >= 0.3 is 5.97 Å². The molecule has 1 aromatic rings. The van der Waals surface area contributed by atoms with Crippen LogP contribution >= 0.6 is 0 Å². The third kappa shape index (κ3) is 2.67. The number of aliphatic hydroxyl groups excluding tert-OH is 2. The Morgan fingerprint density at radius 2 is 1.97 bits per heavy atom. The fraction of sp³-hybridized carbons (Fsp3) is 0.654. The van der Waals surface area contributed by atoms with Gasteiger partial charge in [-0.25, -0.2) is 9.78 Å². The second kappa shape index (κ2) is 7.12. The molecule has 1 aromatic heterocycles. The van der Waals surface area contributed by atoms with Gasteiger partial charge in [-0.05, 0) is 54.6 Å². The van der Waals surface area contributed by atoms with Crippen LogP contribution < -0.4 is 0 Å². The van der Waals surface area contributed by atoms with Crippen LogP contribution in [0.5, 0.6) is 0 Å². The summed E-state index contributed by atoms with van der Waals surface area (Å²) in [4.78, 5) is 31.5. The number of oxazole rings is 1. The van der Waals surface area contributed by atoms with Gasteiger partial charge in [0.15, 0.2) is 29.1 Å². The lowest BCUT2D eigenvalue weighted by molar-refractivity contribution is -0.190. The summed E-state index contributed by atoms with van der Waals surface area (Å²) in [5.74, 6) is -0.934. The van der Waals surface area contributed by atoms with Gasteiger partial charge in [-0.2, -0.15) is 0 Å². The molecule has 4 aliphatic carbocycles. The maximum Gasteiger partial charge on any atom is 0.361 e. The summed E-state index contributed by atoms with van der Waals surface area (Å²) < 4.78 is 11.1. The molecule has 3 N–H and O–H groups in total. The first kappa shape index (κ1) is 23.5. The van der Waals surface area contributed by atoms with E-state index in [4.69, 9.17) is 9.15 Å². The van der Waals surface area contributed by atoms with E-state index in [2.05, 4.69) is 18.8 Å². The Kier molecular flexibility index (Phi) is 4.91. The average molecular weight is 472 g/mol. The van der Waals surface area contributed by atoms with Crippen molar-refractivity contribution in [2.75, 3.05) is 6.61 Å². The number of aromatic nitrogens is 1. The lowest BCUT2D eigenvalue weighted by Crippen LogP contribution is -2.65. The highest BCUT2D eigenvalue weighted by Crippen LogP contribution is 2.71. The fourth-order valence-corrected chi connectivity index (χ4v) is 7.47. The Hall–Kier alpha value is -2.29. The van der Waals surface area contributed by atoms with Crippen LogP contribution in [0, 0.1) is 48.3 Å². The second-order valence-electron chi connectivity index (χ2n) is 11.3. The van der Waals surface area contributed by atoms with Crippen LogP contribution in [0.15, 0.2) is 27.7 Å². The van der Waals surface area contributed by atoms with Gasteiger partial charge in [0, 0.05) is 12.8 Å². The molecule has 34 heavy (non-hydrogen) atoms. The molecule has 0 amide bonds. The van der Waals surface area contributed by atoms with E-state index in [1.54, 1.807) is 32.9 Å². The second-order valence-corrected chi connectivity index (χ2v) is 11.3. The smallest absolute Gasteiger partial charge is 0.361 e. The zero-order valence-electron chi connectivity index (χ0n) is 20.5. The molecule has 184 valence electrons. The number of Topliss-reactive ketones (excluding diaryl/α,β-unsaturated/α-hetero) is 1. The Labute approximate surface area is 198 Å². The third-order valence-corrected chi connectivity index (χ3v) is 9.22. The van der Waals surface area contributed by atoms with Gasteiger partial charge in [-0.1, -0.05) is 32.9 Å². The highest BCUT2D eigenvalue weighted by atomic mass is 16.6. The van der Waals surface area contributed by atoms with Crippen LogP contribution in [0.25, 0.3) is 0 Å². The number of carbonyl (C=O) groups is 2. The van der Waals surface area contributed by atoms with Gasteiger partial charge in [0.05, 0.1) is 12.0 Å². The Bertz CT molecular complexity index is 1150. The van der Waals surface area contributed by atoms with Crippen molar-refractivity contribution in [3.63, 3.8) is 0 Å². The Morgan fingerprint density at radius 1 is 1.29 bits per heavy atom. The molecule has 0 unspecified atom stereocenters. The standard InChI is InChI=1S/C26H33NO7/c1-11-9-25-12(2)7-17-18(24(17,5)6)16(21(25)30)8-15(10-28)20(29)26(25,32)22(11)34-23(31)19-13(3)33-14(4)27-19/h8-9,12,16-18,20,22,28-29,32H,7,10H2,1-6H3/t12-,16+,17-,18+,20-,22+,25+,26+/m1/s1. The van der Waals surface area contributed by atoms with Crippen molar-refractivity contribution in [2.45, 2.75) is 65.8 Å². The van der Waals surface area contributed by atoms with E-state index in [0.717, 1.165) is 0 Å². The Morgan fingerprint density at radius 3 is 2.56 bits per heavy atom. The number of ketones is 1. The van der Waals surface area contributed by atoms with Crippen LogP contribution in [0.4, 0.5) is 0 Å². The van der Waals surface area contributed by atoms with Crippen LogP contribution in [0.1, 0.15) is 56.3 Å². The molecule has 0 radical (unpaired) electrons. The lowest BCUT2D eigenvalue weighted by Gasteiger charge is -2.48. The van der Waals surface area contributed by atoms with E-state index >= 15 is 0 Å². The summed E-state index contributed by atoms with van der Waals surface area (Å²) in [5, 5.41) is 34.0. The Balaban J connectivity index is 1.64. The molecule has 0 saturated heterocycles. The quantitative estimate of drug-likeness (QED) is 0.452. The van der Waals surface area contributed by atoms with Crippen molar-refractivity contribution in [2.24, 2.45) is 34.5 Å². The molecule has 2 bridgehead atoms. The van der Waals surface area contributed by atoms with Gasteiger partial charge in [-0.3, -0.25) is 4.79 Å². The van der Waals surface area contributed by atoms with Crippen molar-refractivity contribution in [1.29, 1.82) is 0 Å². The summed E-state index contributed by atoms with van der Waals surface area (Å²) >= 11 is 0. The number of ether oxygens (including phenoxy) is 1. The van der Waals surface area contributed by atoms with Crippen molar-refractivity contribution in [3.8, 4) is 0 Å². The van der Waals surface area contributed by atoms with Gasteiger partial charge in [0.1, 0.15) is 11.9 Å². The minimum absolute atomic E-state index is 0.0167. The molecule has 5 rings (SSSR count). The molecular weight excluding hydrogens is 438 g/mol. The lowest BCUT2D eigenvalue weighted by atomic mass is 9.59. The number of hydrogen-bond donors (Lipinski definition) is 3. The number of aryl methyl sites for hydroxylation is 2. The average Bonchev–Trinajstić information content (AvgIpc) is 3.04. The zero-order valence-corrected chi connectivity index (χ0v) is 20.5. The topological polar surface area (TPSA) is 130 Å². The largest absolute Gasteiger partial charge is 0.450 e. The number of rotatable bonds is 3. The highest BCUT2D eigenvalue weighted by Gasteiger charge is 2.76. The number of allylic oxidation sites excluding steroid dienone is 1. The van der Waals surface area contributed by atoms with Crippen molar-refractivity contribution in [3.05, 3.63) is 40.6 Å².